The highest BCUT2D eigenvalue weighted by Gasteiger charge is 2.43. The lowest BCUT2D eigenvalue weighted by Crippen LogP contribution is -2.19. The second kappa shape index (κ2) is 8.47. The number of nitrogen functional groups attached to an aromatic ring is 1. The van der Waals surface area contributed by atoms with E-state index in [-0.39, 0.29) is 12.2 Å². The van der Waals surface area contributed by atoms with Gasteiger partial charge >= 0.3 is 23.5 Å². The van der Waals surface area contributed by atoms with E-state index in [4.69, 9.17) is 15.5 Å². The van der Waals surface area contributed by atoms with Gasteiger partial charge in [-0.05, 0) is 18.1 Å². The first kappa shape index (κ1) is 24.2. The summed E-state index contributed by atoms with van der Waals surface area (Å²) in [7, 11) is -16.4. The van der Waals surface area contributed by atoms with Crippen LogP contribution in [0, 0.1) is 5.92 Å². The van der Waals surface area contributed by atoms with E-state index >= 15 is 0 Å². The fraction of sp³-hybridized carbons (Fsp3) is 0.385. The molecule has 3 rings (SSSR count). The van der Waals surface area contributed by atoms with Gasteiger partial charge in [0.2, 0.25) is 0 Å². The molecule has 1 fully saturated rings. The molecule has 1 aliphatic carbocycles. The predicted octanol–water partition coefficient (Wildman–Crippen LogP) is 0.835. The fourth-order valence-electron chi connectivity index (χ4n) is 3.27. The summed E-state index contributed by atoms with van der Waals surface area (Å²) in [5, 5.41) is 11.0. The Morgan fingerprint density at radius 2 is 1.84 bits per heavy atom. The molecule has 5 atom stereocenters. The molecule has 2 aromatic rings. The highest BCUT2D eigenvalue weighted by molar-refractivity contribution is 7.66. The molecule has 31 heavy (non-hydrogen) atoms. The van der Waals surface area contributed by atoms with Gasteiger partial charge in [0.25, 0.3) is 0 Å². The first-order chi connectivity index (χ1) is 14.2. The molecule has 18 heteroatoms. The standard InChI is InChI=1S/C13H19N4O11P3/c1-7-9(5-26-30(22,23)28-31(24,25)27-29(19,20)21)11(18)4-10(7)17-3-2-8-12(14)15-6-16-13(8)17/h2-3,6,9-11,18H,1,4-5H2,(H,22,23)(H,24,25)(H2,14,15,16)(H2,19,20,21)/t9-,10-,11-/m0/s1. The Morgan fingerprint density at radius 1 is 1.16 bits per heavy atom. The summed E-state index contributed by atoms with van der Waals surface area (Å²) in [6.07, 6.45) is 2.02. The Morgan fingerprint density at radius 3 is 2.48 bits per heavy atom. The molecule has 2 unspecified atom stereocenters. The number of hydrogen-bond acceptors (Lipinski definition) is 10. The first-order valence-corrected chi connectivity index (χ1v) is 12.9. The van der Waals surface area contributed by atoms with E-state index in [0.717, 1.165) is 0 Å². The Labute approximate surface area is 174 Å². The van der Waals surface area contributed by atoms with Crippen molar-refractivity contribution < 1.29 is 51.5 Å². The molecule has 0 aliphatic heterocycles. The normalized spacial score (nSPS) is 26.1. The Balaban J connectivity index is 1.71. The van der Waals surface area contributed by atoms with E-state index in [1.54, 1.807) is 16.8 Å². The lowest BCUT2D eigenvalue weighted by Gasteiger charge is -2.20. The van der Waals surface area contributed by atoms with Crippen LogP contribution in [0.2, 0.25) is 0 Å². The summed E-state index contributed by atoms with van der Waals surface area (Å²) >= 11 is 0. The van der Waals surface area contributed by atoms with E-state index in [2.05, 4.69) is 29.7 Å². The molecule has 0 radical (unpaired) electrons. The maximum Gasteiger partial charge on any atom is 0.490 e. The van der Waals surface area contributed by atoms with Crippen LogP contribution >= 0.6 is 23.5 Å². The van der Waals surface area contributed by atoms with Crippen LogP contribution < -0.4 is 5.73 Å². The number of phosphoric acid groups is 3. The third-order valence-corrected chi connectivity index (χ3v) is 8.35. The van der Waals surface area contributed by atoms with Crippen molar-refractivity contribution in [3.63, 3.8) is 0 Å². The average molecular weight is 500 g/mol. The summed E-state index contributed by atoms with van der Waals surface area (Å²) in [6, 6.07) is 1.21. The largest absolute Gasteiger partial charge is 0.490 e. The maximum absolute atomic E-state index is 11.9. The fourth-order valence-corrected chi connectivity index (χ4v) is 6.31. The predicted molar refractivity (Wildman–Crippen MR) is 104 cm³/mol. The SMILES string of the molecule is C=C1[C@H](COP(=O)(O)OP(=O)(O)OP(=O)(O)O)[C@@H](O)C[C@@H]1n1ccc2c(N)ncnc21. The average Bonchev–Trinajstić information content (AvgIpc) is 3.12. The lowest BCUT2D eigenvalue weighted by molar-refractivity contribution is 0.0933. The van der Waals surface area contributed by atoms with Crippen molar-refractivity contribution >= 4 is 40.3 Å². The number of aromatic nitrogens is 3. The molecule has 1 saturated carbocycles. The van der Waals surface area contributed by atoms with Crippen molar-refractivity contribution in [3.05, 3.63) is 30.7 Å². The smallest absolute Gasteiger partial charge is 0.392 e. The highest BCUT2D eigenvalue weighted by Crippen LogP contribution is 2.66. The van der Waals surface area contributed by atoms with Crippen molar-refractivity contribution in [2.75, 3.05) is 12.3 Å². The monoisotopic (exact) mass is 500 g/mol. The minimum atomic E-state index is -5.63. The molecule has 172 valence electrons. The molecule has 0 saturated heterocycles. The zero-order valence-electron chi connectivity index (χ0n) is 15.5. The highest BCUT2D eigenvalue weighted by atomic mass is 31.3. The zero-order valence-corrected chi connectivity index (χ0v) is 18.2. The third kappa shape index (κ3) is 5.67. The van der Waals surface area contributed by atoms with E-state index in [9.17, 15) is 28.6 Å². The summed E-state index contributed by atoms with van der Waals surface area (Å²) < 4.78 is 47.6. The molecule has 0 amide bonds. The quantitative estimate of drug-likeness (QED) is 0.218. The van der Waals surface area contributed by atoms with Crippen LogP contribution in [0.1, 0.15) is 12.5 Å². The number of nitrogens with two attached hydrogens (primary N) is 1. The van der Waals surface area contributed by atoms with Crippen LogP contribution in [0.5, 0.6) is 0 Å². The maximum atomic E-state index is 11.9. The van der Waals surface area contributed by atoms with Gasteiger partial charge in [-0.15, -0.1) is 0 Å². The molecule has 2 heterocycles. The number of nitrogens with zero attached hydrogens (tertiary/aromatic N) is 3. The Hall–Kier alpha value is -1.47. The number of rotatable bonds is 8. The molecule has 2 aromatic heterocycles. The van der Waals surface area contributed by atoms with Crippen molar-refractivity contribution in [1.29, 1.82) is 0 Å². The van der Waals surface area contributed by atoms with Gasteiger partial charge in [0.05, 0.1) is 24.1 Å². The van der Waals surface area contributed by atoms with Gasteiger partial charge in [-0.3, -0.25) is 4.52 Å². The molecule has 7 N–H and O–H groups in total. The number of phosphoric ester groups is 1. The number of hydrogen-bond donors (Lipinski definition) is 6. The van der Waals surface area contributed by atoms with E-state index < -0.39 is 48.1 Å². The summed E-state index contributed by atoms with van der Waals surface area (Å²) in [4.78, 5) is 43.9. The van der Waals surface area contributed by atoms with Crippen LogP contribution in [0.3, 0.4) is 0 Å². The topological polar surface area (TPSA) is 237 Å². The van der Waals surface area contributed by atoms with Crippen LogP contribution in [0.15, 0.2) is 30.7 Å². The molecule has 1 aliphatic rings. The number of anilines is 1. The van der Waals surface area contributed by atoms with Crippen molar-refractivity contribution in [1.82, 2.24) is 14.5 Å². The van der Waals surface area contributed by atoms with Crippen LogP contribution in [0.25, 0.3) is 11.0 Å². The molecular weight excluding hydrogens is 481 g/mol. The van der Waals surface area contributed by atoms with E-state index in [1.165, 1.54) is 6.33 Å². The summed E-state index contributed by atoms with van der Waals surface area (Å²) in [6.45, 7) is 3.24. The molecule has 0 spiro atoms. The van der Waals surface area contributed by atoms with Crippen LogP contribution in [-0.2, 0) is 26.8 Å². The van der Waals surface area contributed by atoms with Gasteiger partial charge in [-0.25, -0.2) is 23.7 Å². The lowest BCUT2D eigenvalue weighted by atomic mass is 10.0. The van der Waals surface area contributed by atoms with E-state index in [1.807, 2.05) is 0 Å². The van der Waals surface area contributed by atoms with Gasteiger partial charge in [0.15, 0.2) is 0 Å². The molecular formula is C13H19N4O11P3. The zero-order chi connectivity index (χ0) is 23.2. The minimum absolute atomic E-state index is 0.150. The van der Waals surface area contributed by atoms with Gasteiger partial charge in [-0.1, -0.05) is 6.58 Å². The Kier molecular flexibility index (Phi) is 6.61. The Bertz CT molecular complexity index is 1150. The summed E-state index contributed by atoms with van der Waals surface area (Å²) in [5.74, 6) is -0.622. The molecule has 0 aromatic carbocycles. The van der Waals surface area contributed by atoms with Crippen molar-refractivity contribution in [3.8, 4) is 0 Å². The van der Waals surface area contributed by atoms with Crippen LogP contribution in [0.4, 0.5) is 5.82 Å². The second-order valence-corrected chi connectivity index (χ2v) is 11.0. The number of aliphatic hydroxyl groups is 1. The number of fused-ring (bicyclic) bond motifs is 1. The number of aliphatic hydroxyl groups excluding tert-OH is 1. The van der Waals surface area contributed by atoms with Crippen LogP contribution in [-0.4, -0.2) is 51.9 Å². The second-order valence-electron chi connectivity index (χ2n) is 6.61. The third-order valence-electron chi connectivity index (χ3n) is 4.54. The van der Waals surface area contributed by atoms with Crippen molar-refractivity contribution in [2.45, 2.75) is 18.6 Å². The minimum Gasteiger partial charge on any atom is -0.392 e. The first-order valence-electron chi connectivity index (χ1n) is 8.41. The summed E-state index contributed by atoms with van der Waals surface area (Å²) in [5.41, 5.74) is 6.70. The van der Waals surface area contributed by atoms with Gasteiger partial charge < -0.3 is 35.0 Å². The van der Waals surface area contributed by atoms with E-state index in [0.29, 0.717) is 16.6 Å². The van der Waals surface area contributed by atoms with Gasteiger partial charge in [-0.2, -0.15) is 8.62 Å². The van der Waals surface area contributed by atoms with Gasteiger partial charge in [0, 0.05) is 12.1 Å². The molecule has 15 nitrogen and oxygen atoms in total. The molecule has 0 bridgehead atoms. The van der Waals surface area contributed by atoms with Crippen molar-refractivity contribution in [2.24, 2.45) is 5.92 Å². The van der Waals surface area contributed by atoms with Gasteiger partial charge in [0.1, 0.15) is 17.8 Å².